The van der Waals surface area contributed by atoms with E-state index in [1.54, 1.807) is 36.5 Å². The van der Waals surface area contributed by atoms with Gasteiger partial charge < -0.3 is 25.2 Å². The molecule has 9 nitrogen and oxygen atoms in total. The van der Waals surface area contributed by atoms with Crippen molar-refractivity contribution in [3.8, 4) is 5.69 Å². The summed E-state index contributed by atoms with van der Waals surface area (Å²) in [6.45, 7) is 1.63. The second kappa shape index (κ2) is 10.7. The third-order valence-corrected chi connectivity index (χ3v) is 7.40. The average Bonchev–Trinajstić information content (AvgIpc) is 3.68. The zero-order valence-corrected chi connectivity index (χ0v) is 22.1. The third kappa shape index (κ3) is 5.06. The number of nitrogens with one attached hydrogen (secondary N) is 2. The molecule has 0 radical (unpaired) electrons. The van der Waals surface area contributed by atoms with Crippen molar-refractivity contribution in [3.63, 3.8) is 0 Å². The second-order valence-electron chi connectivity index (χ2n) is 10.0. The molecule has 3 N–H and O–H groups in total. The van der Waals surface area contributed by atoms with E-state index in [9.17, 15) is 14.7 Å². The lowest BCUT2D eigenvalue weighted by atomic mass is 10.1. The van der Waals surface area contributed by atoms with Crippen LogP contribution in [0.25, 0.3) is 16.6 Å². The van der Waals surface area contributed by atoms with Crippen LogP contribution in [0.4, 0.5) is 17.1 Å². The third-order valence-electron chi connectivity index (χ3n) is 7.40. The first kappa shape index (κ1) is 25.4. The van der Waals surface area contributed by atoms with Crippen LogP contribution >= 0.6 is 0 Å². The standard InChI is InChI=1S/C31H30N6O3/c1-35(31(40)28-3-2-16-32-28)24-9-11-26(12-10-24)37-29-13-6-23(19-22(29)20-33-37)34-30(39)21-4-7-25(8-5-21)36-17-14-27(38)15-18-36/h2-13,16,19-20,27,32,38H,14-15,17-18H2,1H3,(H,34,39). The number of aromatic amines is 1. The molecule has 2 amide bonds. The molecule has 0 unspecified atom stereocenters. The number of fused-ring (bicyclic) bond motifs is 1. The van der Waals surface area contributed by atoms with Crippen molar-refractivity contribution >= 4 is 39.8 Å². The predicted octanol–water partition coefficient (Wildman–Crippen LogP) is 4.84. The minimum Gasteiger partial charge on any atom is -0.393 e. The van der Waals surface area contributed by atoms with Gasteiger partial charge >= 0.3 is 0 Å². The molecule has 1 fully saturated rings. The molecule has 2 aromatic heterocycles. The summed E-state index contributed by atoms with van der Waals surface area (Å²) in [6, 6.07) is 24.4. The zero-order valence-electron chi connectivity index (χ0n) is 22.1. The normalized spacial score (nSPS) is 13.9. The van der Waals surface area contributed by atoms with Crippen molar-refractivity contribution in [2.75, 3.05) is 35.3 Å². The number of hydrogen-bond acceptors (Lipinski definition) is 5. The molecule has 3 aromatic carbocycles. The fourth-order valence-electron chi connectivity index (χ4n) is 5.05. The summed E-state index contributed by atoms with van der Waals surface area (Å²) in [4.78, 5) is 32.3. The van der Waals surface area contributed by atoms with Gasteiger partial charge in [-0.15, -0.1) is 0 Å². The number of carbonyl (C=O) groups excluding carboxylic acids is 2. The summed E-state index contributed by atoms with van der Waals surface area (Å²) in [5.74, 6) is -0.295. The van der Waals surface area contributed by atoms with Crippen molar-refractivity contribution in [1.82, 2.24) is 14.8 Å². The fraction of sp³-hybridized carbons (Fsp3) is 0.194. The Morgan fingerprint density at radius 1 is 0.975 bits per heavy atom. The number of carbonyl (C=O) groups is 2. The predicted molar refractivity (Wildman–Crippen MR) is 156 cm³/mol. The Labute approximate surface area is 231 Å². The highest BCUT2D eigenvalue weighted by atomic mass is 16.3. The first-order valence-electron chi connectivity index (χ1n) is 13.3. The number of aromatic nitrogens is 3. The molecular formula is C31H30N6O3. The van der Waals surface area contributed by atoms with Crippen molar-refractivity contribution in [3.05, 3.63) is 103 Å². The molecule has 0 bridgehead atoms. The number of aliphatic hydroxyl groups is 1. The van der Waals surface area contributed by atoms with Crippen LogP contribution in [0.1, 0.15) is 33.7 Å². The van der Waals surface area contributed by atoms with Crippen LogP contribution < -0.4 is 15.1 Å². The van der Waals surface area contributed by atoms with E-state index < -0.39 is 0 Å². The maximum Gasteiger partial charge on any atom is 0.274 e. The Kier molecular flexibility index (Phi) is 6.79. The quantitative estimate of drug-likeness (QED) is 0.289. The van der Waals surface area contributed by atoms with Gasteiger partial charge in [0.05, 0.1) is 23.5 Å². The number of rotatable bonds is 6. The van der Waals surface area contributed by atoms with Crippen molar-refractivity contribution < 1.29 is 14.7 Å². The molecule has 3 heterocycles. The summed E-state index contributed by atoms with van der Waals surface area (Å²) in [5.41, 5.74) is 5.39. The zero-order chi connectivity index (χ0) is 27.6. The Morgan fingerprint density at radius 2 is 1.70 bits per heavy atom. The number of aliphatic hydroxyl groups excluding tert-OH is 1. The van der Waals surface area contributed by atoms with E-state index in [4.69, 9.17) is 0 Å². The van der Waals surface area contributed by atoms with Gasteiger partial charge in [-0.3, -0.25) is 9.59 Å². The van der Waals surface area contributed by atoms with Crippen molar-refractivity contribution in [2.24, 2.45) is 0 Å². The van der Waals surface area contributed by atoms with Gasteiger partial charge in [-0.2, -0.15) is 5.10 Å². The summed E-state index contributed by atoms with van der Waals surface area (Å²) in [7, 11) is 1.74. The van der Waals surface area contributed by atoms with Gasteiger partial charge in [0.1, 0.15) is 5.69 Å². The average molecular weight is 535 g/mol. The highest BCUT2D eigenvalue weighted by molar-refractivity contribution is 6.05. The van der Waals surface area contributed by atoms with Crippen molar-refractivity contribution in [1.29, 1.82) is 0 Å². The maximum absolute atomic E-state index is 12.9. The largest absolute Gasteiger partial charge is 0.393 e. The van der Waals surface area contributed by atoms with Gasteiger partial charge in [-0.25, -0.2) is 4.68 Å². The number of H-pyrrole nitrogens is 1. The van der Waals surface area contributed by atoms with Crippen LogP contribution in [0, 0.1) is 0 Å². The van der Waals surface area contributed by atoms with Crippen LogP contribution in [0.15, 0.2) is 91.3 Å². The highest BCUT2D eigenvalue weighted by Gasteiger charge is 2.18. The van der Waals surface area contributed by atoms with E-state index in [0.717, 1.165) is 53.9 Å². The molecule has 0 saturated carbocycles. The molecule has 1 aliphatic rings. The summed E-state index contributed by atoms with van der Waals surface area (Å²) in [5, 5.41) is 18.2. The molecule has 1 aliphatic heterocycles. The number of anilines is 3. The molecule has 0 atom stereocenters. The Hall–Kier alpha value is -4.89. The van der Waals surface area contributed by atoms with Gasteiger partial charge in [-0.05, 0) is 91.7 Å². The molecule has 5 aromatic rings. The van der Waals surface area contributed by atoms with E-state index >= 15 is 0 Å². The minimum atomic E-state index is -0.217. The number of nitrogens with zero attached hydrogens (tertiary/aromatic N) is 4. The first-order valence-corrected chi connectivity index (χ1v) is 13.3. The van der Waals surface area contributed by atoms with Crippen LogP contribution in [0.3, 0.4) is 0 Å². The smallest absolute Gasteiger partial charge is 0.274 e. The summed E-state index contributed by atoms with van der Waals surface area (Å²) in [6.07, 6.45) is 4.81. The molecule has 0 aliphatic carbocycles. The number of amides is 2. The van der Waals surface area contributed by atoms with Crippen LogP contribution in [-0.2, 0) is 0 Å². The summed E-state index contributed by atoms with van der Waals surface area (Å²) >= 11 is 0. The van der Waals surface area contributed by atoms with Crippen LogP contribution in [0.2, 0.25) is 0 Å². The topological polar surface area (TPSA) is 106 Å². The Morgan fingerprint density at radius 3 is 2.40 bits per heavy atom. The molecule has 6 rings (SSSR count). The van der Waals surface area contributed by atoms with E-state index in [1.165, 1.54) is 0 Å². The van der Waals surface area contributed by atoms with E-state index in [0.29, 0.717) is 16.9 Å². The minimum absolute atomic E-state index is 0.115. The second-order valence-corrected chi connectivity index (χ2v) is 10.0. The Bertz CT molecular complexity index is 1630. The number of benzene rings is 3. The van der Waals surface area contributed by atoms with Crippen LogP contribution in [0.5, 0.6) is 0 Å². The molecular weight excluding hydrogens is 504 g/mol. The molecule has 9 heteroatoms. The van der Waals surface area contributed by atoms with Gasteiger partial charge in [0, 0.05) is 54.3 Å². The van der Waals surface area contributed by atoms with Crippen molar-refractivity contribution in [2.45, 2.75) is 18.9 Å². The van der Waals surface area contributed by atoms with Gasteiger partial charge in [0.2, 0.25) is 0 Å². The fourth-order valence-corrected chi connectivity index (χ4v) is 5.05. The van der Waals surface area contributed by atoms with Crippen LogP contribution in [-0.4, -0.2) is 57.9 Å². The van der Waals surface area contributed by atoms with Gasteiger partial charge in [-0.1, -0.05) is 0 Å². The SMILES string of the molecule is CN(C(=O)c1ccc[nH]1)c1ccc(-n2ncc3cc(NC(=O)c4ccc(N5CCC(O)CC5)cc4)ccc32)cc1. The Balaban J connectivity index is 1.13. The van der Waals surface area contributed by atoms with Gasteiger partial charge in [0.15, 0.2) is 0 Å². The highest BCUT2D eigenvalue weighted by Crippen LogP contribution is 2.25. The molecule has 40 heavy (non-hydrogen) atoms. The summed E-state index contributed by atoms with van der Waals surface area (Å²) < 4.78 is 1.83. The maximum atomic E-state index is 12.9. The van der Waals surface area contributed by atoms with Gasteiger partial charge in [0.25, 0.3) is 11.8 Å². The number of hydrogen-bond donors (Lipinski definition) is 3. The molecule has 1 saturated heterocycles. The number of piperidine rings is 1. The lowest BCUT2D eigenvalue weighted by Gasteiger charge is -2.31. The van der Waals surface area contributed by atoms with E-state index in [-0.39, 0.29) is 17.9 Å². The lowest BCUT2D eigenvalue weighted by Crippen LogP contribution is -2.35. The monoisotopic (exact) mass is 534 g/mol. The lowest BCUT2D eigenvalue weighted by molar-refractivity contribution is 0.0987. The first-order chi connectivity index (χ1) is 19.5. The molecule has 202 valence electrons. The van der Waals surface area contributed by atoms with E-state index in [2.05, 4.69) is 20.3 Å². The van der Waals surface area contributed by atoms with E-state index in [1.807, 2.05) is 71.4 Å². The molecule has 0 spiro atoms.